The van der Waals surface area contributed by atoms with E-state index in [2.05, 4.69) is 0 Å². The number of benzene rings is 2. The van der Waals surface area contributed by atoms with Crippen molar-refractivity contribution in [3.05, 3.63) is 53.6 Å². The molecule has 0 spiro atoms. The van der Waals surface area contributed by atoms with E-state index in [1.807, 2.05) is 24.3 Å². The Morgan fingerprint density at radius 1 is 0.938 bits per heavy atom. The lowest BCUT2D eigenvalue weighted by Gasteiger charge is -2.07. The third-order valence-electron chi connectivity index (χ3n) is 2.50. The van der Waals surface area contributed by atoms with Gasteiger partial charge in [0.2, 0.25) is 0 Å². The SMILES string of the molecule is Nc1ccccc1Cc1cc(O)ccc1O. The molecule has 0 aromatic heterocycles. The summed E-state index contributed by atoms with van der Waals surface area (Å²) >= 11 is 0. The molecule has 0 radical (unpaired) electrons. The molecule has 0 aliphatic heterocycles. The van der Waals surface area contributed by atoms with Gasteiger partial charge in [0.05, 0.1) is 0 Å². The Morgan fingerprint density at radius 2 is 1.69 bits per heavy atom. The summed E-state index contributed by atoms with van der Waals surface area (Å²) in [5.74, 6) is 0.309. The molecule has 0 saturated heterocycles. The molecule has 0 saturated carbocycles. The van der Waals surface area contributed by atoms with E-state index in [1.165, 1.54) is 12.1 Å². The Morgan fingerprint density at radius 3 is 2.44 bits per heavy atom. The second-order valence-electron chi connectivity index (χ2n) is 3.69. The molecule has 0 aliphatic rings. The first-order valence-corrected chi connectivity index (χ1v) is 5.01. The molecule has 82 valence electrons. The van der Waals surface area contributed by atoms with Crippen molar-refractivity contribution in [2.75, 3.05) is 5.73 Å². The van der Waals surface area contributed by atoms with Gasteiger partial charge < -0.3 is 15.9 Å². The van der Waals surface area contributed by atoms with Gasteiger partial charge in [-0.1, -0.05) is 18.2 Å². The number of phenolic OH excluding ortho intramolecular Hbond substituents is 2. The molecule has 0 unspecified atom stereocenters. The third kappa shape index (κ3) is 2.08. The Bertz CT molecular complexity index is 509. The fourth-order valence-corrected chi connectivity index (χ4v) is 1.61. The van der Waals surface area contributed by atoms with E-state index in [0.29, 0.717) is 17.7 Å². The maximum absolute atomic E-state index is 9.64. The first-order chi connectivity index (χ1) is 7.66. The molecule has 0 amide bonds. The first-order valence-electron chi connectivity index (χ1n) is 5.01. The highest BCUT2D eigenvalue weighted by atomic mass is 16.3. The quantitative estimate of drug-likeness (QED) is 0.531. The number of hydrogen-bond acceptors (Lipinski definition) is 3. The predicted molar refractivity (Wildman–Crippen MR) is 63.4 cm³/mol. The number of rotatable bonds is 2. The predicted octanol–water partition coefficient (Wildman–Crippen LogP) is 2.27. The van der Waals surface area contributed by atoms with Crippen LogP contribution in [0.15, 0.2) is 42.5 Å². The largest absolute Gasteiger partial charge is 0.508 e. The molecule has 0 heterocycles. The van der Waals surface area contributed by atoms with Crippen molar-refractivity contribution in [1.29, 1.82) is 0 Å². The molecule has 4 N–H and O–H groups in total. The minimum absolute atomic E-state index is 0.141. The molecule has 0 bridgehead atoms. The summed E-state index contributed by atoms with van der Waals surface area (Å²) in [5.41, 5.74) is 8.10. The number of anilines is 1. The summed E-state index contributed by atoms with van der Waals surface area (Å²) in [6.07, 6.45) is 0.507. The van der Waals surface area contributed by atoms with Gasteiger partial charge in [0.15, 0.2) is 0 Å². The van der Waals surface area contributed by atoms with Gasteiger partial charge in [0.1, 0.15) is 11.5 Å². The topological polar surface area (TPSA) is 66.5 Å². The lowest BCUT2D eigenvalue weighted by molar-refractivity contribution is 0.455. The van der Waals surface area contributed by atoms with E-state index < -0.39 is 0 Å². The zero-order valence-electron chi connectivity index (χ0n) is 8.72. The summed E-state index contributed by atoms with van der Waals surface area (Å²) in [5, 5.41) is 19.0. The van der Waals surface area contributed by atoms with Gasteiger partial charge in [-0.15, -0.1) is 0 Å². The zero-order valence-corrected chi connectivity index (χ0v) is 8.72. The van der Waals surface area contributed by atoms with Crippen molar-refractivity contribution in [2.45, 2.75) is 6.42 Å². The fourth-order valence-electron chi connectivity index (χ4n) is 1.61. The van der Waals surface area contributed by atoms with Crippen LogP contribution in [-0.2, 0) is 6.42 Å². The van der Waals surface area contributed by atoms with E-state index in [1.54, 1.807) is 6.07 Å². The smallest absolute Gasteiger partial charge is 0.119 e. The number of para-hydroxylation sites is 1. The first kappa shape index (κ1) is 10.4. The van der Waals surface area contributed by atoms with E-state index in [0.717, 1.165) is 5.56 Å². The van der Waals surface area contributed by atoms with Crippen LogP contribution in [0.2, 0.25) is 0 Å². The summed E-state index contributed by atoms with van der Waals surface area (Å²) in [6, 6.07) is 11.9. The summed E-state index contributed by atoms with van der Waals surface area (Å²) < 4.78 is 0. The molecule has 0 atom stereocenters. The van der Waals surface area contributed by atoms with Gasteiger partial charge in [-0.3, -0.25) is 0 Å². The van der Waals surface area contributed by atoms with E-state index in [4.69, 9.17) is 5.73 Å². The number of hydrogen-bond donors (Lipinski definition) is 3. The highest BCUT2D eigenvalue weighted by Crippen LogP contribution is 2.26. The monoisotopic (exact) mass is 215 g/mol. The maximum atomic E-state index is 9.64. The Hall–Kier alpha value is -2.16. The van der Waals surface area contributed by atoms with Crippen molar-refractivity contribution in [1.82, 2.24) is 0 Å². The van der Waals surface area contributed by atoms with Crippen LogP contribution < -0.4 is 5.73 Å². The minimum Gasteiger partial charge on any atom is -0.508 e. The standard InChI is InChI=1S/C13H13NO2/c14-12-4-2-1-3-9(12)7-10-8-11(15)5-6-13(10)16/h1-6,8,15-16H,7,14H2. The van der Waals surface area contributed by atoms with Crippen LogP contribution in [0.25, 0.3) is 0 Å². The molecule has 0 fully saturated rings. The number of aromatic hydroxyl groups is 2. The molecule has 2 aromatic rings. The van der Waals surface area contributed by atoms with Crippen LogP contribution >= 0.6 is 0 Å². The number of phenols is 2. The summed E-state index contributed by atoms with van der Waals surface area (Å²) in [7, 11) is 0. The molecule has 3 nitrogen and oxygen atoms in total. The molecular formula is C13H13NO2. The van der Waals surface area contributed by atoms with Gasteiger partial charge in [0.25, 0.3) is 0 Å². The number of nitrogen functional groups attached to an aromatic ring is 1. The second kappa shape index (κ2) is 4.14. The molecule has 2 rings (SSSR count). The average Bonchev–Trinajstić information content (AvgIpc) is 2.27. The van der Waals surface area contributed by atoms with Crippen LogP contribution in [0.4, 0.5) is 5.69 Å². The van der Waals surface area contributed by atoms with Gasteiger partial charge in [-0.05, 0) is 29.8 Å². The van der Waals surface area contributed by atoms with Crippen molar-refractivity contribution in [2.24, 2.45) is 0 Å². The molecule has 3 heteroatoms. The van der Waals surface area contributed by atoms with Crippen LogP contribution in [0.1, 0.15) is 11.1 Å². The van der Waals surface area contributed by atoms with E-state index in [9.17, 15) is 10.2 Å². The Labute approximate surface area is 93.8 Å². The van der Waals surface area contributed by atoms with Crippen molar-refractivity contribution in [3.63, 3.8) is 0 Å². The van der Waals surface area contributed by atoms with Crippen molar-refractivity contribution >= 4 is 5.69 Å². The lowest BCUT2D eigenvalue weighted by atomic mass is 10.0. The van der Waals surface area contributed by atoms with E-state index in [-0.39, 0.29) is 11.5 Å². The van der Waals surface area contributed by atoms with Crippen LogP contribution in [0.5, 0.6) is 11.5 Å². The zero-order chi connectivity index (χ0) is 11.5. The lowest BCUT2D eigenvalue weighted by Crippen LogP contribution is -1.95. The highest BCUT2D eigenvalue weighted by Gasteiger charge is 2.05. The third-order valence-corrected chi connectivity index (χ3v) is 2.50. The van der Waals surface area contributed by atoms with Gasteiger partial charge >= 0.3 is 0 Å². The average molecular weight is 215 g/mol. The van der Waals surface area contributed by atoms with Gasteiger partial charge in [-0.25, -0.2) is 0 Å². The Balaban J connectivity index is 2.34. The molecule has 16 heavy (non-hydrogen) atoms. The van der Waals surface area contributed by atoms with Crippen LogP contribution in [-0.4, -0.2) is 10.2 Å². The highest BCUT2D eigenvalue weighted by molar-refractivity contribution is 5.51. The molecular weight excluding hydrogens is 202 g/mol. The summed E-state index contributed by atoms with van der Waals surface area (Å²) in [6.45, 7) is 0. The fraction of sp³-hybridized carbons (Fsp3) is 0.0769. The minimum atomic E-state index is 0.141. The summed E-state index contributed by atoms with van der Waals surface area (Å²) in [4.78, 5) is 0. The normalized spacial score (nSPS) is 10.2. The maximum Gasteiger partial charge on any atom is 0.119 e. The Kier molecular flexibility index (Phi) is 2.68. The van der Waals surface area contributed by atoms with Gasteiger partial charge in [0, 0.05) is 17.7 Å². The van der Waals surface area contributed by atoms with Crippen LogP contribution in [0.3, 0.4) is 0 Å². The van der Waals surface area contributed by atoms with Gasteiger partial charge in [-0.2, -0.15) is 0 Å². The molecule has 0 aliphatic carbocycles. The van der Waals surface area contributed by atoms with Crippen LogP contribution in [0, 0.1) is 0 Å². The van der Waals surface area contributed by atoms with Crippen molar-refractivity contribution < 1.29 is 10.2 Å². The number of nitrogens with two attached hydrogens (primary N) is 1. The second-order valence-corrected chi connectivity index (χ2v) is 3.69. The molecule has 2 aromatic carbocycles. The van der Waals surface area contributed by atoms with E-state index >= 15 is 0 Å². The van der Waals surface area contributed by atoms with Crippen molar-refractivity contribution in [3.8, 4) is 11.5 Å².